The van der Waals surface area contributed by atoms with Crippen LogP contribution < -0.4 is 0 Å². The number of hydrogen-bond donors (Lipinski definition) is 3. The zero-order valence-electron chi connectivity index (χ0n) is 19.3. The lowest BCUT2D eigenvalue weighted by Gasteiger charge is -2.17. The van der Waals surface area contributed by atoms with E-state index in [1.54, 1.807) is 0 Å². The van der Waals surface area contributed by atoms with Gasteiger partial charge in [0.1, 0.15) is 11.5 Å². The van der Waals surface area contributed by atoms with Gasteiger partial charge in [0.15, 0.2) is 0 Å². The van der Waals surface area contributed by atoms with Gasteiger partial charge in [-0.15, -0.1) is 0 Å². The number of unbranched alkanes of at least 4 members (excludes halogenated alkanes) is 6. The molecule has 1 saturated carbocycles. The lowest BCUT2D eigenvalue weighted by Crippen LogP contribution is -2.14. The number of benzene rings is 1. The van der Waals surface area contributed by atoms with Gasteiger partial charge in [-0.3, -0.25) is 4.79 Å². The lowest BCUT2D eigenvalue weighted by molar-refractivity contribution is -0.143. The number of rotatable bonds is 14. The van der Waals surface area contributed by atoms with Crippen LogP contribution in [0, 0.1) is 10.8 Å². The molecule has 0 spiro atoms. The first-order valence-corrected chi connectivity index (χ1v) is 11.9. The molecule has 0 unspecified atom stereocenters. The maximum absolute atomic E-state index is 11.2. The van der Waals surface area contributed by atoms with Gasteiger partial charge < -0.3 is 15.3 Å². The normalized spacial score (nSPS) is 15.3. The predicted molar refractivity (Wildman–Crippen MR) is 122 cm³/mol. The van der Waals surface area contributed by atoms with Gasteiger partial charge in [-0.05, 0) is 74.0 Å². The molecule has 0 bridgehead atoms. The van der Waals surface area contributed by atoms with Gasteiger partial charge >= 0.3 is 5.97 Å². The largest absolute Gasteiger partial charge is 0.508 e. The Hall–Kier alpha value is -1.71. The third kappa shape index (κ3) is 8.20. The molecule has 1 aliphatic carbocycles. The van der Waals surface area contributed by atoms with Crippen LogP contribution in [0.5, 0.6) is 11.5 Å². The first kappa shape index (κ1) is 24.6. The Balaban J connectivity index is 1.72. The van der Waals surface area contributed by atoms with Crippen LogP contribution in [0.15, 0.2) is 12.1 Å². The van der Waals surface area contributed by atoms with Crippen molar-refractivity contribution in [2.45, 2.75) is 111 Å². The van der Waals surface area contributed by atoms with Crippen molar-refractivity contribution < 1.29 is 20.1 Å². The van der Waals surface area contributed by atoms with Crippen molar-refractivity contribution in [1.29, 1.82) is 0 Å². The number of phenols is 2. The van der Waals surface area contributed by atoms with E-state index in [0.717, 1.165) is 75.3 Å². The molecular weight excluding hydrogens is 376 g/mol. The smallest absolute Gasteiger partial charge is 0.309 e. The van der Waals surface area contributed by atoms with E-state index >= 15 is 0 Å². The molecule has 0 aromatic heterocycles. The molecule has 0 heterocycles. The number of phenolic OH excluding ortho intramolecular Hbond substituents is 2. The van der Waals surface area contributed by atoms with Crippen LogP contribution in [0.3, 0.4) is 0 Å². The molecule has 0 aliphatic heterocycles. The molecule has 0 atom stereocenters. The number of aryl methyl sites for hydroxylation is 1. The number of carboxylic acids is 1. The molecule has 3 N–H and O–H groups in total. The van der Waals surface area contributed by atoms with Crippen LogP contribution in [0.1, 0.15) is 109 Å². The van der Waals surface area contributed by atoms with Crippen molar-refractivity contribution in [2.75, 3.05) is 0 Å². The van der Waals surface area contributed by atoms with E-state index < -0.39 is 11.4 Å². The minimum Gasteiger partial charge on any atom is -0.508 e. The summed E-state index contributed by atoms with van der Waals surface area (Å²) in [5.74, 6) is -0.275. The van der Waals surface area contributed by atoms with E-state index in [1.807, 2.05) is 6.07 Å². The van der Waals surface area contributed by atoms with Gasteiger partial charge in [0, 0.05) is 6.07 Å². The van der Waals surface area contributed by atoms with Crippen molar-refractivity contribution >= 4 is 5.97 Å². The fourth-order valence-electron chi connectivity index (χ4n) is 4.38. The number of carboxylic acid groups (broad SMARTS) is 1. The first-order chi connectivity index (χ1) is 14.1. The minimum atomic E-state index is -0.625. The monoisotopic (exact) mass is 418 g/mol. The summed E-state index contributed by atoms with van der Waals surface area (Å²) in [5, 5.41) is 29.5. The van der Waals surface area contributed by atoms with Crippen molar-refractivity contribution in [3.05, 3.63) is 23.3 Å². The number of carbonyl (C=O) groups is 1. The highest BCUT2D eigenvalue weighted by atomic mass is 16.4. The fourth-order valence-corrected chi connectivity index (χ4v) is 4.38. The van der Waals surface area contributed by atoms with Crippen molar-refractivity contribution in [3.8, 4) is 11.5 Å². The van der Waals surface area contributed by atoms with Gasteiger partial charge in [0.05, 0.1) is 5.41 Å². The van der Waals surface area contributed by atoms with Crippen molar-refractivity contribution in [2.24, 2.45) is 10.8 Å². The van der Waals surface area contributed by atoms with Gasteiger partial charge in [-0.25, -0.2) is 0 Å². The molecule has 0 saturated heterocycles. The van der Waals surface area contributed by atoms with E-state index in [9.17, 15) is 20.1 Å². The van der Waals surface area contributed by atoms with E-state index in [-0.39, 0.29) is 11.5 Å². The zero-order chi connectivity index (χ0) is 22.2. The molecule has 4 heteroatoms. The quantitative estimate of drug-likeness (QED) is 0.284. The summed E-state index contributed by atoms with van der Waals surface area (Å²) in [4.78, 5) is 11.2. The molecule has 1 aromatic rings. The molecule has 1 fully saturated rings. The predicted octanol–water partition coefficient (Wildman–Crippen LogP) is 6.99. The molecule has 2 rings (SSSR count). The third-order valence-electron chi connectivity index (χ3n) is 6.57. The Labute approximate surface area is 182 Å². The van der Waals surface area contributed by atoms with Crippen LogP contribution in [-0.2, 0) is 17.6 Å². The van der Waals surface area contributed by atoms with Gasteiger partial charge in [-0.1, -0.05) is 59.3 Å². The van der Waals surface area contributed by atoms with E-state index in [1.165, 1.54) is 31.7 Å². The summed E-state index contributed by atoms with van der Waals surface area (Å²) < 4.78 is 0. The van der Waals surface area contributed by atoms with Gasteiger partial charge in [0.2, 0.25) is 0 Å². The van der Waals surface area contributed by atoms with E-state index in [0.29, 0.717) is 5.41 Å². The molecule has 170 valence electrons. The highest BCUT2D eigenvalue weighted by molar-refractivity contribution is 5.77. The minimum absolute atomic E-state index is 0.141. The molecule has 0 amide bonds. The summed E-state index contributed by atoms with van der Waals surface area (Å²) in [7, 11) is 0. The first-order valence-electron chi connectivity index (χ1n) is 11.9. The summed E-state index contributed by atoms with van der Waals surface area (Å²) in [6.07, 6.45) is 14.2. The Morgan fingerprint density at radius 1 is 0.900 bits per heavy atom. The SMILES string of the molecule is CC(C)(C)CCCCCCc1cc(O)cc(O)c1CCCCCCC1(C(=O)O)CC1. The van der Waals surface area contributed by atoms with Crippen molar-refractivity contribution in [3.63, 3.8) is 0 Å². The highest BCUT2D eigenvalue weighted by Crippen LogP contribution is 2.50. The Kier molecular flexibility index (Phi) is 9.06. The van der Waals surface area contributed by atoms with Crippen LogP contribution in [0.2, 0.25) is 0 Å². The Bertz CT molecular complexity index is 683. The maximum Gasteiger partial charge on any atom is 0.309 e. The van der Waals surface area contributed by atoms with E-state index in [2.05, 4.69) is 20.8 Å². The maximum atomic E-state index is 11.2. The average molecular weight is 419 g/mol. The number of aromatic hydroxyl groups is 2. The molecule has 1 aliphatic rings. The summed E-state index contributed by atoms with van der Waals surface area (Å²) in [6.45, 7) is 6.85. The topological polar surface area (TPSA) is 77.8 Å². The second kappa shape index (κ2) is 11.1. The third-order valence-corrected chi connectivity index (χ3v) is 6.57. The second-order valence-corrected chi connectivity index (χ2v) is 10.6. The van der Waals surface area contributed by atoms with Crippen molar-refractivity contribution in [1.82, 2.24) is 0 Å². The molecule has 30 heavy (non-hydrogen) atoms. The molecule has 0 radical (unpaired) electrons. The molecule has 4 nitrogen and oxygen atoms in total. The van der Waals surface area contributed by atoms with Crippen LogP contribution in [-0.4, -0.2) is 21.3 Å². The average Bonchev–Trinajstić information content (AvgIpc) is 3.42. The number of aliphatic carboxylic acids is 1. The lowest BCUT2D eigenvalue weighted by atomic mass is 9.89. The van der Waals surface area contributed by atoms with Crippen LogP contribution in [0.25, 0.3) is 0 Å². The molecular formula is C26H42O4. The summed E-state index contributed by atoms with van der Waals surface area (Å²) >= 11 is 0. The highest BCUT2D eigenvalue weighted by Gasteiger charge is 2.49. The fraction of sp³-hybridized carbons (Fsp3) is 0.731. The standard InChI is InChI=1S/C26H42O4/c1-25(2,3)14-10-6-4-8-12-20-18-21(27)19-23(28)22(20)13-9-5-7-11-15-26(16-17-26)24(29)30/h18-19,27-28H,4-17H2,1-3H3,(H,29,30). The summed E-state index contributed by atoms with van der Waals surface area (Å²) in [5.41, 5.74) is 2.05. The second-order valence-electron chi connectivity index (χ2n) is 10.6. The van der Waals surface area contributed by atoms with Gasteiger partial charge in [-0.2, -0.15) is 0 Å². The number of hydrogen-bond acceptors (Lipinski definition) is 3. The molecule has 1 aromatic carbocycles. The van der Waals surface area contributed by atoms with Crippen LogP contribution >= 0.6 is 0 Å². The van der Waals surface area contributed by atoms with Gasteiger partial charge in [0.25, 0.3) is 0 Å². The Morgan fingerprint density at radius 2 is 1.50 bits per heavy atom. The summed E-state index contributed by atoms with van der Waals surface area (Å²) in [6, 6.07) is 3.26. The van der Waals surface area contributed by atoms with E-state index in [4.69, 9.17) is 0 Å². The zero-order valence-corrected chi connectivity index (χ0v) is 19.3. The Morgan fingerprint density at radius 3 is 2.10 bits per heavy atom. The van der Waals surface area contributed by atoms with Crippen LogP contribution in [0.4, 0.5) is 0 Å².